The topological polar surface area (TPSA) is 42.7 Å². The number of nitrogens with one attached hydrogen (secondary N) is 1. The van der Waals surface area contributed by atoms with Crippen molar-refractivity contribution >= 4 is 11.3 Å². The van der Waals surface area contributed by atoms with E-state index < -0.39 is 0 Å². The van der Waals surface area contributed by atoms with Crippen molar-refractivity contribution in [2.75, 3.05) is 6.54 Å². The zero-order chi connectivity index (χ0) is 12.8. The van der Waals surface area contributed by atoms with Crippen LogP contribution in [-0.2, 0) is 6.54 Å². The highest BCUT2D eigenvalue weighted by molar-refractivity contribution is 7.08. The molecule has 2 aromatic rings. The molecule has 1 unspecified atom stereocenters. The first-order valence-corrected chi connectivity index (χ1v) is 7.45. The largest absolute Gasteiger partial charge is 0.305 e. The first-order chi connectivity index (χ1) is 8.86. The summed E-state index contributed by atoms with van der Waals surface area (Å²) in [5.41, 5.74) is 2.46. The van der Waals surface area contributed by atoms with E-state index in [0.717, 1.165) is 31.6 Å². The van der Waals surface area contributed by atoms with Gasteiger partial charge in [-0.05, 0) is 41.8 Å². The summed E-state index contributed by atoms with van der Waals surface area (Å²) in [4.78, 5) is 0. The van der Waals surface area contributed by atoms with Gasteiger partial charge < -0.3 is 5.32 Å². The summed E-state index contributed by atoms with van der Waals surface area (Å²) in [5.74, 6) is 0. The van der Waals surface area contributed by atoms with E-state index >= 15 is 0 Å². The summed E-state index contributed by atoms with van der Waals surface area (Å²) in [5, 5.41) is 16.1. The SMILES string of the molecule is CCCNC(c1ccsc1)c1cnnn1CCC. The maximum Gasteiger partial charge on any atom is 0.0802 e. The second kappa shape index (κ2) is 6.66. The molecule has 5 heteroatoms. The zero-order valence-corrected chi connectivity index (χ0v) is 11.8. The van der Waals surface area contributed by atoms with Crippen LogP contribution in [0.25, 0.3) is 0 Å². The molecule has 0 saturated carbocycles. The van der Waals surface area contributed by atoms with Crippen molar-refractivity contribution in [2.24, 2.45) is 0 Å². The Morgan fingerprint density at radius 1 is 1.39 bits per heavy atom. The van der Waals surface area contributed by atoms with Gasteiger partial charge in [0.2, 0.25) is 0 Å². The average Bonchev–Trinajstić information content (AvgIpc) is 3.02. The molecule has 2 rings (SSSR count). The fourth-order valence-electron chi connectivity index (χ4n) is 2.00. The molecular weight excluding hydrogens is 244 g/mol. The Morgan fingerprint density at radius 3 is 2.94 bits per heavy atom. The predicted molar refractivity (Wildman–Crippen MR) is 74.8 cm³/mol. The Labute approximate surface area is 112 Å². The van der Waals surface area contributed by atoms with Crippen LogP contribution in [0.4, 0.5) is 0 Å². The number of hydrogen-bond donors (Lipinski definition) is 1. The molecule has 18 heavy (non-hydrogen) atoms. The molecule has 0 aliphatic rings. The fraction of sp³-hybridized carbons (Fsp3) is 0.538. The molecule has 0 amide bonds. The Morgan fingerprint density at radius 2 is 2.28 bits per heavy atom. The fourth-order valence-corrected chi connectivity index (χ4v) is 2.68. The third-order valence-corrected chi connectivity index (χ3v) is 3.56. The van der Waals surface area contributed by atoms with Gasteiger partial charge in [-0.15, -0.1) is 5.10 Å². The molecule has 0 aromatic carbocycles. The number of aromatic nitrogens is 3. The standard InChI is InChI=1S/C13H20N4S/c1-3-6-14-13(11-5-8-18-10-11)12-9-15-16-17(12)7-4-2/h5,8-10,13-14H,3-4,6-7H2,1-2H3. The third kappa shape index (κ3) is 2.97. The highest BCUT2D eigenvalue weighted by Gasteiger charge is 2.18. The molecule has 4 nitrogen and oxygen atoms in total. The van der Waals surface area contributed by atoms with Crippen molar-refractivity contribution < 1.29 is 0 Å². The van der Waals surface area contributed by atoms with Crippen LogP contribution in [0.15, 0.2) is 23.0 Å². The van der Waals surface area contributed by atoms with Gasteiger partial charge in [0.1, 0.15) is 0 Å². The van der Waals surface area contributed by atoms with Gasteiger partial charge in [-0.25, -0.2) is 4.68 Å². The highest BCUT2D eigenvalue weighted by atomic mass is 32.1. The summed E-state index contributed by atoms with van der Waals surface area (Å²) < 4.78 is 2.00. The molecular formula is C13H20N4S. The van der Waals surface area contributed by atoms with Gasteiger partial charge in [-0.2, -0.15) is 11.3 Å². The maximum atomic E-state index is 4.17. The number of thiophene rings is 1. The van der Waals surface area contributed by atoms with E-state index in [1.54, 1.807) is 11.3 Å². The van der Waals surface area contributed by atoms with Crippen LogP contribution in [0.5, 0.6) is 0 Å². The molecule has 98 valence electrons. The predicted octanol–water partition coefficient (Wildman–Crippen LogP) is 2.84. The van der Waals surface area contributed by atoms with E-state index in [1.165, 1.54) is 5.56 Å². The van der Waals surface area contributed by atoms with Crippen molar-refractivity contribution in [3.8, 4) is 0 Å². The van der Waals surface area contributed by atoms with Crippen molar-refractivity contribution in [1.29, 1.82) is 0 Å². The molecule has 2 aromatic heterocycles. The number of hydrogen-bond acceptors (Lipinski definition) is 4. The minimum Gasteiger partial charge on any atom is -0.305 e. The van der Waals surface area contributed by atoms with Crippen LogP contribution in [0, 0.1) is 0 Å². The Hall–Kier alpha value is -1.20. The summed E-state index contributed by atoms with van der Waals surface area (Å²) >= 11 is 1.73. The van der Waals surface area contributed by atoms with Gasteiger partial charge in [-0.1, -0.05) is 19.1 Å². The lowest BCUT2D eigenvalue weighted by molar-refractivity contribution is 0.505. The average molecular weight is 264 g/mol. The van der Waals surface area contributed by atoms with E-state index in [0.29, 0.717) is 0 Å². The van der Waals surface area contributed by atoms with E-state index in [-0.39, 0.29) is 6.04 Å². The molecule has 1 atom stereocenters. The summed E-state index contributed by atoms with van der Waals surface area (Å²) in [6.45, 7) is 6.26. The molecule has 0 aliphatic heterocycles. The van der Waals surface area contributed by atoms with E-state index in [2.05, 4.69) is 46.3 Å². The first kappa shape index (κ1) is 13.2. The number of nitrogens with zero attached hydrogens (tertiary/aromatic N) is 3. The van der Waals surface area contributed by atoms with E-state index in [9.17, 15) is 0 Å². The second-order valence-corrected chi connectivity index (χ2v) is 5.11. The lowest BCUT2D eigenvalue weighted by atomic mass is 10.1. The maximum absolute atomic E-state index is 4.17. The second-order valence-electron chi connectivity index (χ2n) is 4.33. The van der Waals surface area contributed by atoms with E-state index in [4.69, 9.17) is 0 Å². The zero-order valence-electron chi connectivity index (χ0n) is 11.0. The summed E-state index contributed by atoms with van der Waals surface area (Å²) in [6.07, 6.45) is 4.07. The molecule has 0 spiro atoms. The van der Waals surface area contributed by atoms with Gasteiger partial charge in [0.25, 0.3) is 0 Å². The number of aryl methyl sites for hydroxylation is 1. The Balaban J connectivity index is 2.24. The lowest BCUT2D eigenvalue weighted by Crippen LogP contribution is -2.25. The monoisotopic (exact) mass is 264 g/mol. The summed E-state index contributed by atoms with van der Waals surface area (Å²) in [6, 6.07) is 2.37. The highest BCUT2D eigenvalue weighted by Crippen LogP contribution is 2.23. The van der Waals surface area contributed by atoms with Crippen molar-refractivity contribution in [3.05, 3.63) is 34.3 Å². The van der Waals surface area contributed by atoms with Gasteiger partial charge in [0.15, 0.2) is 0 Å². The Bertz CT molecular complexity index is 449. The molecule has 0 saturated heterocycles. The quantitative estimate of drug-likeness (QED) is 0.836. The van der Waals surface area contributed by atoms with Crippen LogP contribution in [0.3, 0.4) is 0 Å². The van der Waals surface area contributed by atoms with Crippen LogP contribution in [0.2, 0.25) is 0 Å². The van der Waals surface area contributed by atoms with Gasteiger partial charge in [0.05, 0.1) is 17.9 Å². The first-order valence-electron chi connectivity index (χ1n) is 6.50. The normalized spacial score (nSPS) is 12.8. The molecule has 0 fully saturated rings. The van der Waals surface area contributed by atoms with Crippen LogP contribution in [0.1, 0.15) is 44.0 Å². The van der Waals surface area contributed by atoms with Gasteiger partial charge >= 0.3 is 0 Å². The molecule has 0 aliphatic carbocycles. The molecule has 0 radical (unpaired) electrons. The van der Waals surface area contributed by atoms with Crippen molar-refractivity contribution in [2.45, 2.75) is 39.3 Å². The lowest BCUT2D eigenvalue weighted by Gasteiger charge is -2.18. The van der Waals surface area contributed by atoms with Crippen molar-refractivity contribution in [3.63, 3.8) is 0 Å². The minimum absolute atomic E-state index is 0.206. The molecule has 1 N–H and O–H groups in total. The van der Waals surface area contributed by atoms with Crippen LogP contribution in [-0.4, -0.2) is 21.5 Å². The third-order valence-electron chi connectivity index (χ3n) is 2.85. The molecule has 2 heterocycles. The molecule has 0 bridgehead atoms. The van der Waals surface area contributed by atoms with Gasteiger partial charge in [0, 0.05) is 6.54 Å². The Kier molecular flexibility index (Phi) is 4.90. The minimum atomic E-state index is 0.206. The number of rotatable bonds is 7. The van der Waals surface area contributed by atoms with Crippen molar-refractivity contribution in [1.82, 2.24) is 20.3 Å². The van der Waals surface area contributed by atoms with Crippen LogP contribution < -0.4 is 5.32 Å². The summed E-state index contributed by atoms with van der Waals surface area (Å²) in [7, 11) is 0. The smallest absolute Gasteiger partial charge is 0.0802 e. The van der Waals surface area contributed by atoms with E-state index in [1.807, 2.05) is 10.9 Å². The van der Waals surface area contributed by atoms with Crippen LogP contribution >= 0.6 is 11.3 Å². The van der Waals surface area contributed by atoms with Gasteiger partial charge in [-0.3, -0.25) is 0 Å².